The first-order valence-corrected chi connectivity index (χ1v) is 17.1. The third-order valence-corrected chi connectivity index (χ3v) is 10.6. The number of rotatable bonds is 13. The highest BCUT2D eigenvalue weighted by molar-refractivity contribution is 7.89. The third-order valence-electron chi connectivity index (χ3n) is 7.79. The molecule has 4 aromatic rings. The van der Waals surface area contributed by atoms with Gasteiger partial charge < -0.3 is 24.1 Å². The summed E-state index contributed by atoms with van der Waals surface area (Å²) in [5.41, 5.74) is 2.23. The number of aromatic nitrogens is 1. The molecule has 1 fully saturated rings. The Hall–Kier alpha value is -4.20. The van der Waals surface area contributed by atoms with E-state index in [1.54, 1.807) is 56.7 Å². The number of hydrogen-bond donors (Lipinski definition) is 1. The van der Waals surface area contributed by atoms with E-state index in [-0.39, 0.29) is 11.4 Å². The lowest BCUT2D eigenvalue weighted by Gasteiger charge is -2.34. The van der Waals surface area contributed by atoms with Gasteiger partial charge in [-0.3, -0.25) is 4.79 Å². The monoisotopic (exact) mass is 668 g/mol. The van der Waals surface area contributed by atoms with Gasteiger partial charge in [-0.25, -0.2) is 18.2 Å². The van der Waals surface area contributed by atoms with E-state index >= 15 is 0 Å². The Morgan fingerprint density at radius 1 is 1.04 bits per heavy atom. The van der Waals surface area contributed by atoms with E-state index in [4.69, 9.17) is 24.1 Å². The highest BCUT2D eigenvalue weighted by Gasteiger charge is 2.39. The predicted octanol–water partition coefficient (Wildman–Crippen LogP) is 5.55. The molecule has 11 nitrogen and oxygen atoms in total. The van der Waals surface area contributed by atoms with Gasteiger partial charge in [0.2, 0.25) is 10.0 Å². The van der Waals surface area contributed by atoms with Gasteiger partial charge in [0.25, 0.3) is 0 Å². The Labute approximate surface area is 271 Å². The molecule has 1 aliphatic rings. The first kappa shape index (κ1) is 33.2. The second-order valence-corrected chi connectivity index (χ2v) is 14.0. The molecule has 0 spiro atoms. The summed E-state index contributed by atoms with van der Waals surface area (Å²) in [6.07, 6.45) is 1.68. The van der Waals surface area contributed by atoms with Crippen molar-refractivity contribution in [2.75, 3.05) is 27.4 Å². The number of benzene rings is 3. The molecule has 1 saturated heterocycles. The predicted molar refractivity (Wildman–Crippen MR) is 172 cm³/mol. The minimum Gasteiger partial charge on any atom is -0.493 e. The molecule has 13 heteroatoms. The number of ether oxygens (including phenoxy) is 4. The van der Waals surface area contributed by atoms with Gasteiger partial charge in [0.1, 0.15) is 17.9 Å². The van der Waals surface area contributed by atoms with Gasteiger partial charge in [-0.2, -0.15) is 4.31 Å². The average Bonchev–Trinajstić information content (AvgIpc) is 3.44. The number of hydrogen-bond acceptors (Lipinski definition) is 10. The molecule has 0 bridgehead atoms. The lowest BCUT2D eigenvalue weighted by Crippen LogP contribution is -2.48. The van der Waals surface area contributed by atoms with Crippen molar-refractivity contribution >= 4 is 43.5 Å². The number of piperidine rings is 1. The maximum atomic E-state index is 13.9. The summed E-state index contributed by atoms with van der Waals surface area (Å²) >= 11 is 1.41. The molecule has 1 unspecified atom stereocenters. The van der Waals surface area contributed by atoms with E-state index in [0.29, 0.717) is 54.9 Å². The van der Waals surface area contributed by atoms with Gasteiger partial charge in [-0.1, -0.05) is 18.2 Å². The van der Waals surface area contributed by atoms with Crippen LogP contribution in [0.25, 0.3) is 10.2 Å². The van der Waals surface area contributed by atoms with E-state index in [0.717, 1.165) is 20.8 Å². The zero-order chi connectivity index (χ0) is 32.8. The normalized spacial score (nSPS) is 16.1. The number of nitrogens with zero attached hydrogens (tertiary/aromatic N) is 2. The van der Waals surface area contributed by atoms with Crippen molar-refractivity contribution in [2.45, 2.75) is 56.1 Å². The first-order chi connectivity index (χ1) is 22.1. The van der Waals surface area contributed by atoms with E-state index < -0.39 is 40.7 Å². The fraction of sp³-hybridized carbons (Fsp3) is 0.364. The molecule has 0 amide bonds. The summed E-state index contributed by atoms with van der Waals surface area (Å²) in [5, 5.41) is 9.90. The smallest absolute Gasteiger partial charge is 0.341 e. The zero-order valence-electron chi connectivity index (χ0n) is 25.8. The molecule has 1 aromatic heterocycles. The Morgan fingerprint density at radius 3 is 2.61 bits per heavy atom. The molecule has 244 valence electrons. The molecule has 0 saturated carbocycles. The van der Waals surface area contributed by atoms with Crippen molar-refractivity contribution in [1.29, 1.82) is 0 Å². The van der Waals surface area contributed by atoms with Crippen LogP contribution in [0.2, 0.25) is 0 Å². The Kier molecular flexibility index (Phi) is 10.4. The third kappa shape index (κ3) is 7.60. The van der Waals surface area contributed by atoms with Crippen LogP contribution in [-0.4, -0.2) is 68.2 Å². The van der Waals surface area contributed by atoms with E-state index in [1.807, 2.05) is 19.1 Å². The van der Waals surface area contributed by atoms with E-state index in [9.17, 15) is 18.0 Å². The summed E-state index contributed by atoms with van der Waals surface area (Å²) in [4.78, 5) is 29.5. The van der Waals surface area contributed by atoms with Crippen molar-refractivity contribution in [3.8, 4) is 17.2 Å². The lowest BCUT2D eigenvalue weighted by molar-refractivity contribution is -0.155. The molecule has 5 rings (SSSR count). The summed E-state index contributed by atoms with van der Waals surface area (Å²) in [6, 6.07) is 16.1. The second-order valence-electron chi connectivity index (χ2n) is 10.9. The maximum absolute atomic E-state index is 13.9. The number of sulfonamides is 1. The quantitative estimate of drug-likeness (QED) is 0.180. The number of carboxylic acid groups (broad SMARTS) is 1. The molecule has 1 N–H and O–H groups in total. The molecular weight excluding hydrogens is 633 g/mol. The van der Waals surface area contributed by atoms with Crippen molar-refractivity contribution < 1.29 is 42.1 Å². The van der Waals surface area contributed by atoms with Crippen LogP contribution < -0.4 is 14.2 Å². The molecule has 46 heavy (non-hydrogen) atoms. The molecule has 2 atom stereocenters. The Bertz CT molecular complexity index is 1820. The van der Waals surface area contributed by atoms with Gasteiger partial charge >= 0.3 is 11.9 Å². The number of aryl methyl sites for hydroxylation is 2. The summed E-state index contributed by atoms with van der Waals surface area (Å²) in [7, 11) is -0.914. The number of carbonyl (C=O) groups excluding carboxylic acids is 1. The molecular formula is C33H36N2O9S2. The molecule has 0 aliphatic carbocycles. The fourth-order valence-corrected chi connectivity index (χ4v) is 8.15. The van der Waals surface area contributed by atoms with Crippen molar-refractivity contribution in [2.24, 2.45) is 0 Å². The van der Waals surface area contributed by atoms with Crippen molar-refractivity contribution in [3.63, 3.8) is 0 Å². The molecule has 0 radical (unpaired) electrons. The molecule has 3 aromatic carbocycles. The first-order valence-electron chi connectivity index (χ1n) is 14.8. The number of thiazole rings is 1. The maximum Gasteiger partial charge on any atom is 0.341 e. The lowest BCUT2D eigenvalue weighted by atomic mass is 10.00. The standard InChI is InChI=1S/C33H36N2O9S2/c1-21-34-26-13-12-25(19-31(26)45-21)46(39,40)35-16-5-4-9-27(35)33(38)44-28(23-7-6-8-24(18-23)43-20-32(36)37)14-10-22-11-15-29(41-2)30(17-22)42-3/h6-8,11-13,15,17-19,27-28H,4-5,9-10,14,16,20H2,1-3H3,(H,36,37)/t27?,28-/m1/s1. The second kappa shape index (κ2) is 14.5. The van der Waals surface area contributed by atoms with Crippen LogP contribution in [0.5, 0.6) is 17.2 Å². The number of methoxy groups -OCH3 is 2. The van der Waals surface area contributed by atoms with Gasteiger partial charge in [-0.15, -0.1) is 11.3 Å². The fourth-order valence-electron chi connectivity index (χ4n) is 5.54. The van der Waals surface area contributed by atoms with E-state index in [1.165, 1.54) is 21.7 Å². The molecule has 1 aliphatic heterocycles. The van der Waals surface area contributed by atoms with Crippen molar-refractivity contribution in [1.82, 2.24) is 9.29 Å². The average molecular weight is 669 g/mol. The van der Waals surface area contributed by atoms with Gasteiger partial charge in [0, 0.05) is 6.54 Å². The molecule has 2 heterocycles. The number of carboxylic acids is 1. The van der Waals surface area contributed by atoms with Gasteiger partial charge in [0.05, 0.1) is 34.3 Å². The summed E-state index contributed by atoms with van der Waals surface area (Å²) < 4.78 is 52.1. The highest BCUT2D eigenvalue weighted by Crippen LogP contribution is 2.34. The topological polar surface area (TPSA) is 142 Å². The van der Waals surface area contributed by atoms with Crippen LogP contribution in [0, 0.1) is 6.92 Å². The largest absolute Gasteiger partial charge is 0.493 e. The number of carbonyl (C=O) groups is 2. The van der Waals surface area contributed by atoms with Gasteiger partial charge in [-0.05, 0) is 92.6 Å². The minimum atomic E-state index is -4.02. The number of aliphatic carboxylic acids is 1. The van der Waals surface area contributed by atoms with E-state index in [2.05, 4.69) is 4.98 Å². The number of fused-ring (bicyclic) bond motifs is 1. The highest BCUT2D eigenvalue weighted by atomic mass is 32.2. The Morgan fingerprint density at radius 2 is 1.85 bits per heavy atom. The van der Waals surface area contributed by atoms with Crippen molar-refractivity contribution in [3.05, 3.63) is 76.8 Å². The van der Waals surface area contributed by atoms with Crippen LogP contribution >= 0.6 is 11.3 Å². The van der Waals surface area contributed by atoms with Gasteiger partial charge in [0.15, 0.2) is 18.1 Å². The van der Waals surface area contributed by atoms with Crippen LogP contribution in [0.1, 0.15) is 47.9 Å². The van der Waals surface area contributed by atoms with Crippen LogP contribution in [0.4, 0.5) is 0 Å². The summed E-state index contributed by atoms with van der Waals surface area (Å²) in [6.45, 7) is 1.53. The zero-order valence-corrected chi connectivity index (χ0v) is 27.4. The SMILES string of the molecule is COc1ccc(CC[C@@H](OC(=O)C2CCCCN2S(=O)(=O)c2ccc3nc(C)sc3c2)c2cccc(OCC(=O)O)c2)cc1OC. The van der Waals surface area contributed by atoms with Crippen LogP contribution in [-0.2, 0) is 30.8 Å². The number of esters is 1. The summed E-state index contributed by atoms with van der Waals surface area (Å²) in [5.74, 6) is -0.312. The van der Waals surface area contributed by atoms with Crippen LogP contribution in [0.3, 0.4) is 0 Å². The minimum absolute atomic E-state index is 0.108. The van der Waals surface area contributed by atoms with Crippen LogP contribution in [0.15, 0.2) is 65.6 Å². The Balaban J connectivity index is 1.41.